The summed E-state index contributed by atoms with van der Waals surface area (Å²) in [5.74, 6) is 0.943. The lowest BCUT2D eigenvalue weighted by molar-refractivity contribution is -0.119. The summed E-state index contributed by atoms with van der Waals surface area (Å²) in [5, 5.41) is 2.98. The van der Waals surface area contributed by atoms with E-state index >= 15 is 0 Å². The molecule has 1 unspecified atom stereocenters. The topological polar surface area (TPSA) is 38.3 Å². The smallest absolute Gasteiger partial charge is 0.217 e. The quantitative estimate of drug-likeness (QED) is 0.822. The highest BCUT2D eigenvalue weighted by molar-refractivity contribution is 5.73. The minimum Gasteiger partial charge on any atom is -0.497 e. The third-order valence-corrected chi connectivity index (χ3v) is 3.05. The zero-order valence-electron chi connectivity index (χ0n) is 9.75. The van der Waals surface area contributed by atoms with E-state index in [1.54, 1.807) is 14.0 Å². The van der Waals surface area contributed by atoms with Gasteiger partial charge in [-0.05, 0) is 42.5 Å². The minimum atomic E-state index is 0.0522. The number of carbonyl (C=O) groups is 1. The Kier molecular flexibility index (Phi) is 3.13. The first kappa shape index (κ1) is 11.0. The van der Waals surface area contributed by atoms with Crippen LogP contribution in [0.25, 0.3) is 0 Å². The molecule has 1 aliphatic carbocycles. The van der Waals surface area contributed by atoms with Crippen molar-refractivity contribution >= 4 is 5.91 Å². The van der Waals surface area contributed by atoms with Gasteiger partial charge in [0.05, 0.1) is 7.11 Å². The predicted molar refractivity (Wildman–Crippen MR) is 62.6 cm³/mol. The van der Waals surface area contributed by atoms with Crippen LogP contribution in [0.5, 0.6) is 5.75 Å². The highest BCUT2D eigenvalue weighted by atomic mass is 16.5. The van der Waals surface area contributed by atoms with Crippen molar-refractivity contribution in [1.82, 2.24) is 5.32 Å². The van der Waals surface area contributed by atoms with Crippen LogP contribution in [0.1, 0.15) is 24.5 Å². The maximum Gasteiger partial charge on any atom is 0.217 e. The Bertz CT molecular complexity index is 401. The molecule has 0 saturated carbocycles. The molecular weight excluding hydrogens is 202 g/mol. The molecule has 1 amide bonds. The Morgan fingerprint density at radius 1 is 1.44 bits per heavy atom. The van der Waals surface area contributed by atoms with E-state index in [-0.39, 0.29) is 11.9 Å². The van der Waals surface area contributed by atoms with Gasteiger partial charge in [0, 0.05) is 13.0 Å². The molecule has 0 saturated heterocycles. The summed E-state index contributed by atoms with van der Waals surface area (Å²) >= 11 is 0. The van der Waals surface area contributed by atoms with Gasteiger partial charge in [0.15, 0.2) is 0 Å². The Labute approximate surface area is 95.8 Å². The molecule has 0 aliphatic heterocycles. The zero-order chi connectivity index (χ0) is 11.5. The second-order valence-corrected chi connectivity index (χ2v) is 4.27. The molecule has 1 aliphatic rings. The lowest BCUT2D eigenvalue weighted by Crippen LogP contribution is -2.37. The van der Waals surface area contributed by atoms with Gasteiger partial charge in [-0.1, -0.05) is 6.07 Å². The second kappa shape index (κ2) is 4.56. The number of amides is 1. The van der Waals surface area contributed by atoms with Crippen molar-refractivity contribution in [2.24, 2.45) is 0 Å². The summed E-state index contributed by atoms with van der Waals surface area (Å²) in [6, 6.07) is 6.47. The van der Waals surface area contributed by atoms with Gasteiger partial charge in [0.1, 0.15) is 5.75 Å². The van der Waals surface area contributed by atoms with Gasteiger partial charge in [0.2, 0.25) is 5.91 Å². The number of rotatable bonds is 2. The second-order valence-electron chi connectivity index (χ2n) is 4.27. The van der Waals surface area contributed by atoms with Crippen molar-refractivity contribution in [3.63, 3.8) is 0 Å². The van der Waals surface area contributed by atoms with E-state index in [9.17, 15) is 4.79 Å². The molecule has 0 aromatic heterocycles. The molecule has 0 radical (unpaired) electrons. The molecule has 1 aromatic carbocycles. The molecule has 1 aromatic rings. The van der Waals surface area contributed by atoms with E-state index in [1.165, 1.54) is 11.1 Å². The predicted octanol–water partition coefficient (Wildman–Crippen LogP) is 1.69. The van der Waals surface area contributed by atoms with Crippen LogP contribution in [-0.4, -0.2) is 19.1 Å². The third-order valence-electron chi connectivity index (χ3n) is 3.05. The van der Waals surface area contributed by atoms with E-state index in [0.717, 1.165) is 25.0 Å². The molecule has 2 rings (SSSR count). The molecule has 3 heteroatoms. The largest absolute Gasteiger partial charge is 0.497 e. The highest BCUT2D eigenvalue weighted by Gasteiger charge is 2.19. The van der Waals surface area contributed by atoms with Crippen LogP contribution >= 0.6 is 0 Å². The molecule has 1 atom stereocenters. The fourth-order valence-corrected chi connectivity index (χ4v) is 2.27. The molecule has 3 nitrogen and oxygen atoms in total. The Hall–Kier alpha value is -1.51. The van der Waals surface area contributed by atoms with Crippen molar-refractivity contribution in [3.05, 3.63) is 29.3 Å². The van der Waals surface area contributed by atoms with Gasteiger partial charge < -0.3 is 10.1 Å². The number of benzene rings is 1. The standard InChI is InChI=1S/C13H17NO2/c1-9(15)14-12-5-3-10-4-6-13(16-2)8-11(10)7-12/h4,6,8,12H,3,5,7H2,1-2H3,(H,14,15). The summed E-state index contributed by atoms with van der Waals surface area (Å²) in [4.78, 5) is 11.0. The van der Waals surface area contributed by atoms with E-state index in [4.69, 9.17) is 4.74 Å². The van der Waals surface area contributed by atoms with Crippen molar-refractivity contribution in [3.8, 4) is 5.75 Å². The molecule has 0 spiro atoms. The van der Waals surface area contributed by atoms with Gasteiger partial charge in [0.25, 0.3) is 0 Å². The normalized spacial score (nSPS) is 18.8. The number of methoxy groups -OCH3 is 1. The Morgan fingerprint density at radius 3 is 2.94 bits per heavy atom. The van der Waals surface area contributed by atoms with E-state index in [0.29, 0.717) is 0 Å². The van der Waals surface area contributed by atoms with E-state index in [1.807, 2.05) is 6.07 Å². The van der Waals surface area contributed by atoms with Crippen molar-refractivity contribution in [1.29, 1.82) is 0 Å². The summed E-state index contributed by atoms with van der Waals surface area (Å²) in [5.41, 5.74) is 2.67. The summed E-state index contributed by atoms with van der Waals surface area (Å²) in [7, 11) is 1.68. The summed E-state index contributed by atoms with van der Waals surface area (Å²) in [6.45, 7) is 1.57. The number of carbonyl (C=O) groups excluding carboxylic acids is 1. The van der Waals surface area contributed by atoms with Crippen LogP contribution in [-0.2, 0) is 17.6 Å². The number of hydrogen-bond donors (Lipinski definition) is 1. The first-order chi connectivity index (χ1) is 7.69. The number of aryl methyl sites for hydroxylation is 1. The first-order valence-corrected chi connectivity index (χ1v) is 5.62. The zero-order valence-corrected chi connectivity index (χ0v) is 9.75. The van der Waals surface area contributed by atoms with Gasteiger partial charge in [-0.25, -0.2) is 0 Å². The molecule has 0 heterocycles. The summed E-state index contributed by atoms with van der Waals surface area (Å²) in [6.07, 6.45) is 2.97. The monoisotopic (exact) mass is 219 g/mol. The molecule has 1 N–H and O–H groups in total. The Morgan fingerprint density at radius 2 is 2.25 bits per heavy atom. The molecule has 16 heavy (non-hydrogen) atoms. The van der Waals surface area contributed by atoms with Crippen LogP contribution < -0.4 is 10.1 Å². The van der Waals surface area contributed by atoms with Gasteiger partial charge in [-0.15, -0.1) is 0 Å². The van der Waals surface area contributed by atoms with Crippen LogP contribution in [0.4, 0.5) is 0 Å². The lowest BCUT2D eigenvalue weighted by atomic mass is 9.88. The van der Waals surface area contributed by atoms with Gasteiger partial charge >= 0.3 is 0 Å². The van der Waals surface area contributed by atoms with Gasteiger partial charge in [-0.2, -0.15) is 0 Å². The highest BCUT2D eigenvalue weighted by Crippen LogP contribution is 2.25. The lowest BCUT2D eigenvalue weighted by Gasteiger charge is -2.25. The molecule has 86 valence electrons. The fourth-order valence-electron chi connectivity index (χ4n) is 2.27. The fraction of sp³-hybridized carbons (Fsp3) is 0.462. The number of hydrogen-bond acceptors (Lipinski definition) is 2. The molecule has 0 fully saturated rings. The van der Waals surface area contributed by atoms with Crippen molar-refractivity contribution in [2.45, 2.75) is 32.2 Å². The average molecular weight is 219 g/mol. The van der Waals surface area contributed by atoms with Crippen LogP contribution in [0.3, 0.4) is 0 Å². The average Bonchev–Trinajstić information content (AvgIpc) is 2.27. The number of fused-ring (bicyclic) bond motifs is 1. The van der Waals surface area contributed by atoms with Crippen molar-refractivity contribution < 1.29 is 9.53 Å². The SMILES string of the molecule is COc1ccc2c(c1)CC(NC(C)=O)CC2. The van der Waals surface area contributed by atoms with E-state index < -0.39 is 0 Å². The Balaban J connectivity index is 2.14. The van der Waals surface area contributed by atoms with Crippen LogP contribution in [0.2, 0.25) is 0 Å². The van der Waals surface area contributed by atoms with Crippen LogP contribution in [0, 0.1) is 0 Å². The summed E-state index contributed by atoms with van der Waals surface area (Å²) < 4.78 is 5.21. The maximum absolute atomic E-state index is 11.0. The van der Waals surface area contributed by atoms with Gasteiger partial charge in [-0.3, -0.25) is 4.79 Å². The first-order valence-electron chi connectivity index (χ1n) is 5.62. The van der Waals surface area contributed by atoms with Crippen molar-refractivity contribution in [2.75, 3.05) is 7.11 Å². The van der Waals surface area contributed by atoms with E-state index in [2.05, 4.69) is 17.4 Å². The third kappa shape index (κ3) is 2.35. The van der Waals surface area contributed by atoms with Crippen LogP contribution in [0.15, 0.2) is 18.2 Å². The number of nitrogens with one attached hydrogen (secondary N) is 1. The number of ether oxygens (including phenoxy) is 1. The molecular formula is C13H17NO2. The molecule has 0 bridgehead atoms. The minimum absolute atomic E-state index is 0.0522. The maximum atomic E-state index is 11.0.